The van der Waals surface area contributed by atoms with E-state index in [1.54, 1.807) is 51.7 Å². The van der Waals surface area contributed by atoms with Crippen molar-refractivity contribution in [1.29, 1.82) is 0 Å². The summed E-state index contributed by atoms with van der Waals surface area (Å²) in [6.45, 7) is 0.440. The van der Waals surface area contributed by atoms with Gasteiger partial charge in [0, 0.05) is 36.3 Å². The Balaban J connectivity index is 0.00000512. The van der Waals surface area contributed by atoms with Crippen LogP contribution in [0.1, 0.15) is 18.1 Å². The van der Waals surface area contributed by atoms with Crippen molar-refractivity contribution >= 4 is 29.9 Å². The molecule has 0 saturated heterocycles. The summed E-state index contributed by atoms with van der Waals surface area (Å²) in [5.74, 6) is 2.65. The number of halogens is 3. The van der Waals surface area contributed by atoms with E-state index in [4.69, 9.17) is 14.2 Å². The predicted octanol–water partition coefficient (Wildman–Crippen LogP) is 4.23. The molecule has 0 heterocycles. The second-order valence-corrected chi connectivity index (χ2v) is 6.37. The van der Waals surface area contributed by atoms with Gasteiger partial charge in [-0.15, -0.1) is 24.0 Å². The van der Waals surface area contributed by atoms with Gasteiger partial charge in [-0.3, -0.25) is 0 Å². The summed E-state index contributed by atoms with van der Waals surface area (Å²) in [5.41, 5.74) is 1.46. The maximum atomic E-state index is 12.6. The van der Waals surface area contributed by atoms with Crippen molar-refractivity contribution in [3.8, 4) is 23.0 Å². The van der Waals surface area contributed by atoms with Crippen LogP contribution < -0.4 is 29.6 Å². The van der Waals surface area contributed by atoms with Gasteiger partial charge in [-0.25, -0.2) is 4.99 Å². The highest BCUT2D eigenvalue weighted by Crippen LogP contribution is 2.34. The molecule has 2 aromatic rings. The van der Waals surface area contributed by atoms with Crippen molar-refractivity contribution in [1.82, 2.24) is 10.6 Å². The molecule has 7 nitrogen and oxygen atoms in total. The van der Waals surface area contributed by atoms with Gasteiger partial charge in [-0.2, -0.15) is 8.78 Å². The monoisotopic (exact) mass is 565 g/mol. The van der Waals surface area contributed by atoms with Crippen LogP contribution in [-0.2, 0) is 13.0 Å². The minimum atomic E-state index is -2.88. The first-order valence-corrected chi connectivity index (χ1v) is 9.86. The molecule has 0 aromatic heterocycles. The molecule has 2 aromatic carbocycles. The maximum Gasteiger partial charge on any atom is 0.387 e. The van der Waals surface area contributed by atoms with E-state index in [0.29, 0.717) is 48.3 Å². The smallest absolute Gasteiger partial charge is 0.387 e. The van der Waals surface area contributed by atoms with E-state index < -0.39 is 6.61 Å². The van der Waals surface area contributed by atoms with Gasteiger partial charge in [0.25, 0.3) is 0 Å². The molecule has 0 unspecified atom stereocenters. The standard InChI is InChI=1S/C22H29F2N3O4.HI/c1-5-25-22(27-14-15-8-6-7-9-18(15)31-21(23)24)26-11-10-17-19(29-3)12-16(28-2)13-20(17)30-4;/h6-9,12-13,21H,5,10-11,14H2,1-4H3,(H2,25,26,27);1H. The molecule has 0 fully saturated rings. The van der Waals surface area contributed by atoms with Crippen molar-refractivity contribution in [2.45, 2.75) is 26.5 Å². The molecule has 2 N–H and O–H groups in total. The summed E-state index contributed by atoms with van der Waals surface area (Å²) < 4.78 is 46.0. The maximum absolute atomic E-state index is 12.6. The van der Waals surface area contributed by atoms with Gasteiger partial charge < -0.3 is 29.6 Å². The zero-order valence-electron chi connectivity index (χ0n) is 18.6. The Hall–Kier alpha value is -2.50. The number of rotatable bonds is 11. The highest BCUT2D eigenvalue weighted by molar-refractivity contribution is 14.0. The van der Waals surface area contributed by atoms with Crippen LogP contribution in [-0.4, -0.2) is 47.0 Å². The van der Waals surface area contributed by atoms with Crippen LogP contribution in [0.5, 0.6) is 23.0 Å². The van der Waals surface area contributed by atoms with Crippen LogP contribution in [0.3, 0.4) is 0 Å². The first-order valence-electron chi connectivity index (χ1n) is 9.86. The van der Waals surface area contributed by atoms with Crippen LogP contribution in [0.4, 0.5) is 8.78 Å². The summed E-state index contributed by atoms with van der Waals surface area (Å²) in [6, 6.07) is 10.2. The quantitative estimate of drug-likeness (QED) is 0.242. The Morgan fingerprint density at radius 1 is 0.969 bits per heavy atom. The third-order valence-corrected chi connectivity index (χ3v) is 4.42. The van der Waals surface area contributed by atoms with Crippen LogP contribution >= 0.6 is 24.0 Å². The number of aliphatic imine (C=N–C) groups is 1. The zero-order chi connectivity index (χ0) is 22.6. The van der Waals surface area contributed by atoms with Gasteiger partial charge in [0.1, 0.15) is 23.0 Å². The number of benzene rings is 2. The molecule has 0 aliphatic heterocycles. The number of nitrogens with zero attached hydrogens (tertiary/aromatic N) is 1. The highest BCUT2D eigenvalue weighted by Gasteiger charge is 2.13. The average molecular weight is 565 g/mol. The fourth-order valence-electron chi connectivity index (χ4n) is 2.98. The number of guanidine groups is 1. The molecule has 0 aliphatic rings. The van der Waals surface area contributed by atoms with E-state index in [0.717, 1.165) is 5.56 Å². The summed E-state index contributed by atoms with van der Waals surface area (Å²) >= 11 is 0. The highest BCUT2D eigenvalue weighted by atomic mass is 127. The molecule has 32 heavy (non-hydrogen) atoms. The van der Waals surface area contributed by atoms with Crippen molar-refractivity contribution in [2.75, 3.05) is 34.4 Å². The first-order chi connectivity index (χ1) is 15.0. The van der Waals surface area contributed by atoms with Gasteiger partial charge in [0.05, 0.1) is 27.9 Å². The molecule has 0 aliphatic carbocycles. The summed E-state index contributed by atoms with van der Waals surface area (Å²) in [7, 11) is 4.77. The van der Waals surface area contributed by atoms with E-state index in [1.807, 2.05) is 6.92 Å². The van der Waals surface area contributed by atoms with Gasteiger partial charge in [-0.1, -0.05) is 18.2 Å². The van der Waals surface area contributed by atoms with Gasteiger partial charge in [0.2, 0.25) is 0 Å². The molecular weight excluding hydrogens is 535 g/mol. The molecule has 0 amide bonds. The van der Waals surface area contributed by atoms with Crippen molar-refractivity contribution in [3.05, 3.63) is 47.5 Å². The Morgan fingerprint density at radius 3 is 2.19 bits per heavy atom. The summed E-state index contributed by atoms with van der Waals surface area (Å²) in [4.78, 5) is 4.48. The minimum Gasteiger partial charge on any atom is -0.496 e. The van der Waals surface area contributed by atoms with Crippen molar-refractivity contribution < 1.29 is 27.7 Å². The second kappa shape index (κ2) is 14.5. The van der Waals surface area contributed by atoms with Gasteiger partial charge in [-0.05, 0) is 19.4 Å². The van der Waals surface area contributed by atoms with E-state index >= 15 is 0 Å². The van der Waals surface area contributed by atoms with Crippen molar-refractivity contribution in [3.63, 3.8) is 0 Å². The molecule has 0 bridgehead atoms. The fourth-order valence-corrected chi connectivity index (χ4v) is 2.98. The van der Waals surface area contributed by atoms with E-state index in [1.165, 1.54) is 6.07 Å². The lowest BCUT2D eigenvalue weighted by Gasteiger charge is -2.16. The molecule has 10 heteroatoms. The van der Waals surface area contributed by atoms with E-state index in [-0.39, 0.29) is 36.3 Å². The van der Waals surface area contributed by atoms with Crippen LogP contribution in [0.15, 0.2) is 41.4 Å². The van der Waals surface area contributed by atoms with Crippen molar-refractivity contribution in [2.24, 2.45) is 4.99 Å². The number of hydrogen-bond acceptors (Lipinski definition) is 5. The zero-order valence-corrected chi connectivity index (χ0v) is 20.9. The largest absolute Gasteiger partial charge is 0.496 e. The third kappa shape index (κ3) is 8.21. The average Bonchev–Trinajstić information content (AvgIpc) is 2.77. The molecule has 2 rings (SSSR count). The molecule has 178 valence electrons. The Kier molecular flexibility index (Phi) is 12.5. The number of para-hydroxylation sites is 1. The lowest BCUT2D eigenvalue weighted by molar-refractivity contribution is -0.0504. The van der Waals surface area contributed by atoms with E-state index in [9.17, 15) is 8.78 Å². The Bertz CT molecular complexity index is 844. The summed E-state index contributed by atoms with van der Waals surface area (Å²) in [6.07, 6.45) is 0.603. The topological polar surface area (TPSA) is 73.3 Å². The molecule has 0 atom stereocenters. The molecule has 0 spiro atoms. The Morgan fingerprint density at radius 2 is 1.62 bits per heavy atom. The minimum absolute atomic E-state index is 0. The lowest BCUT2D eigenvalue weighted by Crippen LogP contribution is -2.38. The van der Waals surface area contributed by atoms with Gasteiger partial charge in [0.15, 0.2) is 5.96 Å². The molecule has 0 radical (unpaired) electrons. The molecule has 0 saturated carbocycles. The lowest BCUT2D eigenvalue weighted by atomic mass is 10.1. The predicted molar refractivity (Wildman–Crippen MR) is 131 cm³/mol. The fraction of sp³-hybridized carbons (Fsp3) is 0.409. The number of ether oxygens (including phenoxy) is 4. The number of nitrogens with one attached hydrogen (secondary N) is 2. The number of alkyl halides is 2. The van der Waals surface area contributed by atoms with Crippen LogP contribution in [0.25, 0.3) is 0 Å². The number of hydrogen-bond donors (Lipinski definition) is 2. The normalized spacial score (nSPS) is 10.9. The van der Waals surface area contributed by atoms with Crippen LogP contribution in [0.2, 0.25) is 0 Å². The van der Waals surface area contributed by atoms with Gasteiger partial charge >= 0.3 is 6.61 Å². The first kappa shape index (κ1) is 27.5. The SMILES string of the molecule is CCNC(=NCc1ccccc1OC(F)F)NCCc1c(OC)cc(OC)cc1OC.I. The summed E-state index contributed by atoms with van der Waals surface area (Å²) in [5, 5.41) is 6.38. The molecular formula is C22H30F2IN3O4. The van der Waals surface area contributed by atoms with E-state index in [2.05, 4.69) is 20.4 Å². The number of methoxy groups -OCH3 is 3. The second-order valence-electron chi connectivity index (χ2n) is 6.37. The van der Waals surface area contributed by atoms with Crippen LogP contribution in [0, 0.1) is 0 Å². The Labute approximate surface area is 204 Å². The third-order valence-electron chi connectivity index (χ3n) is 4.42.